The molecule has 2 aromatic carbocycles. The molecule has 2 rings (SSSR count). The van der Waals surface area contributed by atoms with E-state index in [0.717, 1.165) is 12.0 Å². The molecule has 0 atom stereocenters. The van der Waals surface area contributed by atoms with Crippen LogP contribution in [0.25, 0.3) is 0 Å². The largest absolute Gasteiger partial charge is 0.376 e. The number of anilines is 2. The van der Waals surface area contributed by atoms with Crippen molar-refractivity contribution in [3.05, 3.63) is 59.9 Å². The van der Waals surface area contributed by atoms with Gasteiger partial charge in [0, 0.05) is 12.2 Å². The predicted octanol–water partition coefficient (Wildman–Crippen LogP) is 2.95. The summed E-state index contributed by atoms with van der Waals surface area (Å²) in [5, 5.41) is 8.22. The van der Waals surface area contributed by atoms with E-state index in [1.54, 1.807) is 0 Å². The fourth-order valence-electron chi connectivity index (χ4n) is 2.22. The van der Waals surface area contributed by atoms with E-state index in [9.17, 15) is 14.0 Å². The van der Waals surface area contributed by atoms with Gasteiger partial charge >= 0.3 is 0 Å². The van der Waals surface area contributed by atoms with Gasteiger partial charge in [0.1, 0.15) is 5.82 Å². The summed E-state index contributed by atoms with van der Waals surface area (Å²) in [4.78, 5) is 23.7. The highest BCUT2D eigenvalue weighted by molar-refractivity contribution is 5.93. The maximum absolute atomic E-state index is 13.9. The Morgan fingerprint density at radius 1 is 1.04 bits per heavy atom. The van der Waals surface area contributed by atoms with Crippen LogP contribution in [0.2, 0.25) is 0 Å². The summed E-state index contributed by atoms with van der Waals surface area (Å²) in [6.45, 7) is 2.67. The quantitative estimate of drug-likeness (QED) is 0.690. The number of hydrogen-bond donors (Lipinski definition) is 3. The van der Waals surface area contributed by atoms with Crippen molar-refractivity contribution < 1.29 is 14.0 Å². The van der Waals surface area contributed by atoms with Crippen LogP contribution >= 0.6 is 0 Å². The fraction of sp³-hybridized carbons (Fsp3) is 0.263. The molecule has 0 aliphatic rings. The molecule has 0 aliphatic heterocycles. The topological polar surface area (TPSA) is 70.2 Å². The molecule has 3 N–H and O–H groups in total. The van der Waals surface area contributed by atoms with Gasteiger partial charge in [-0.05, 0) is 30.2 Å². The molecule has 0 aromatic heterocycles. The van der Waals surface area contributed by atoms with Crippen LogP contribution in [0.5, 0.6) is 0 Å². The third-order valence-electron chi connectivity index (χ3n) is 3.47. The Labute approximate surface area is 146 Å². The average Bonchev–Trinajstić information content (AvgIpc) is 2.61. The smallest absolute Gasteiger partial charge is 0.239 e. The van der Waals surface area contributed by atoms with Crippen LogP contribution in [0.3, 0.4) is 0 Å². The lowest BCUT2D eigenvalue weighted by Crippen LogP contribution is -2.30. The van der Waals surface area contributed by atoms with Crippen molar-refractivity contribution in [3.8, 4) is 0 Å². The second-order valence-electron chi connectivity index (χ2n) is 5.61. The highest BCUT2D eigenvalue weighted by Gasteiger charge is 2.09. The summed E-state index contributed by atoms with van der Waals surface area (Å²) in [6, 6.07) is 13.5. The van der Waals surface area contributed by atoms with Crippen LogP contribution in [-0.4, -0.2) is 24.9 Å². The van der Waals surface area contributed by atoms with Crippen molar-refractivity contribution in [3.63, 3.8) is 0 Å². The molecule has 5 nitrogen and oxygen atoms in total. The maximum atomic E-state index is 13.9. The van der Waals surface area contributed by atoms with Gasteiger partial charge in [0.25, 0.3) is 0 Å². The van der Waals surface area contributed by atoms with Crippen LogP contribution in [0.1, 0.15) is 18.9 Å². The predicted molar refractivity (Wildman–Crippen MR) is 97.0 cm³/mol. The van der Waals surface area contributed by atoms with E-state index in [0.29, 0.717) is 12.2 Å². The molecule has 0 spiro atoms. The first-order valence-corrected chi connectivity index (χ1v) is 8.22. The standard InChI is InChI=1S/C19H22FN3O2/c1-2-10-21-19(25)13-22-15-8-9-16(20)17(12-15)23-18(24)11-14-6-4-3-5-7-14/h3-9,12,22H,2,10-11,13H2,1H3,(H,21,25)(H,23,24). The minimum Gasteiger partial charge on any atom is -0.376 e. The minimum atomic E-state index is -0.526. The van der Waals surface area contributed by atoms with Crippen molar-refractivity contribution in [2.24, 2.45) is 0 Å². The Morgan fingerprint density at radius 3 is 2.52 bits per heavy atom. The Hall–Kier alpha value is -2.89. The van der Waals surface area contributed by atoms with Gasteiger partial charge in [-0.15, -0.1) is 0 Å². The van der Waals surface area contributed by atoms with Crippen LogP contribution in [-0.2, 0) is 16.0 Å². The number of halogens is 1. The molecule has 0 aliphatic carbocycles. The third-order valence-corrected chi connectivity index (χ3v) is 3.47. The number of hydrogen-bond acceptors (Lipinski definition) is 3. The van der Waals surface area contributed by atoms with Gasteiger partial charge in [-0.3, -0.25) is 9.59 Å². The summed E-state index contributed by atoms with van der Waals surface area (Å²) >= 11 is 0. The molecule has 0 heterocycles. The van der Waals surface area contributed by atoms with Gasteiger partial charge in [0.15, 0.2) is 0 Å². The monoisotopic (exact) mass is 343 g/mol. The van der Waals surface area contributed by atoms with Crippen LogP contribution in [0.4, 0.5) is 15.8 Å². The van der Waals surface area contributed by atoms with E-state index < -0.39 is 5.82 Å². The van der Waals surface area contributed by atoms with Crippen LogP contribution in [0.15, 0.2) is 48.5 Å². The highest BCUT2D eigenvalue weighted by Crippen LogP contribution is 2.20. The average molecular weight is 343 g/mol. The molecule has 0 saturated carbocycles. The zero-order valence-electron chi connectivity index (χ0n) is 14.1. The van der Waals surface area contributed by atoms with Crippen LogP contribution in [0, 0.1) is 5.82 Å². The number of rotatable bonds is 8. The van der Waals surface area contributed by atoms with Gasteiger partial charge < -0.3 is 16.0 Å². The first-order chi connectivity index (χ1) is 12.1. The molecule has 0 saturated heterocycles. The molecule has 0 fully saturated rings. The van der Waals surface area contributed by atoms with E-state index in [-0.39, 0.29) is 30.5 Å². The molecular formula is C19H22FN3O2. The fourth-order valence-corrected chi connectivity index (χ4v) is 2.22. The lowest BCUT2D eigenvalue weighted by atomic mass is 10.1. The normalized spacial score (nSPS) is 10.2. The molecule has 25 heavy (non-hydrogen) atoms. The first-order valence-electron chi connectivity index (χ1n) is 8.22. The zero-order valence-corrected chi connectivity index (χ0v) is 14.1. The molecule has 132 valence electrons. The Morgan fingerprint density at radius 2 is 1.80 bits per heavy atom. The third kappa shape index (κ3) is 6.25. The Balaban J connectivity index is 1.94. The van der Waals surface area contributed by atoms with Gasteiger partial charge in [0.05, 0.1) is 18.7 Å². The summed E-state index contributed by atoms with van der Waals surface area (Å²) in [7, 11) is 0. The second kappa shape index (κ2) is 9.42. The van der Waals surface area contributed by atoms with Crippen molar-refractivity contribution in [1.29, 1.82) is 0 Å². The van der Waals surface area contributed by atoms with Crippen molar-refractivity contribution in [2.45, 2.75) is 19.8 Å². The first kappa shape index (κ1) is 18.4. The molecule has 0 radical (unpaired) electrons. The number of nitrogens with one attached hydrogen (secondary N) is 3. The van der Waals surface area contributed by atoms with E-state index in [2.05, 4.69) is 16.0 Å². The van der Waals surface area contributed by atoms with E-state index >= 15 is 0 Å². The molecule has 0 unspecified atom stereocenters. The van der Waals surface area contributed by atoms with E-state index in [4.69, 9.17) is 0 Å². The van der Waals surface area contributed by atoms with Gasteiger partial charge in [-0.25, -0.2) is 4.39 Å². The second-order valence-corrected chi connectivity index (χ2v) is 5.61. The number of amides is 2. The SMILES string of the molecule is CCCNC(=O)CNc1ccc(F)c(NC(=O)Cc2ccccc2)c1. The lowest BCUT2D eigenvalue weighted by molar-refractivity contribution is -0.119. The Kier molecular flexibility index (Phi) is 6.95. The van der Waals surface area contributed by atoms with Crippen molar-refractivity contribution >= 4 is 23.2 Å². The summed E-state index contributed by atoms with van der Waals surface area (Å²) < 4.78 is 13.9. The minimum absolute atomic E-state index is 0.0832. The lowest BCUT2D eigenvalue weighted by Gasteiger charge is -2.11. The molecule has 2 amide bonds. The number of carbonyl (C=O) groups is 2. The molecule has 2 aromatic rings. The van der Waals surface area contributed by atoms with E-state index in [1.807, 2.05) is 37.3 Å². The van der Waals surface area contributed by atoms with Gasteiger partial charge in [-0.2, -0.15) is 0 Å². The number of carbonyl (C=O) groups excluding carboxylic acids is 2. The van der Waals surface area contributed by atoms with Gasteiger partial charge in [0.2, 0.25) is 11.8 Å². The van der Waals surface area contributed by atoms with Crippen molar-refractivity contribution in [1.82, 2.24) is 5.32 Å². The zero-order chi connectivity index (χ0) is 18.1. The summed E-state index contributed by atoms with van der Waals surface area (Å²) in [5.41, 5.74) is 1.49. The summed E-state index contributed by atoms with van der Waals surface area (Å²) in [6.07, 6.45) is 1.03. The van der Waals surface area contributed by atoms with Crippen molar-refractivity contribution in [2.75, 3.05) is 23.7 Å². The molecule has 6 heteroatoms. The maximum Gasteiger partial charge on any atom is 0.239 e. The molecular weight excluding hydrogens is 321 g/mol. The summed E-state index contributed by atoms with van der Waals surface area (Å²) in [5.74, 6) is -0.967. The van der Waals surface area contributed by atoms with Gasteiger partial charge in [-0.1, -0.05) is 37.3 Å². The Bertz CT molecular complexity index is 720. The van der Waals surface area contributed by atoms with Crippen LogP contribution < -0.4 is 16.0 Å². The highest BCUT2D eigenvalue weighted by atomic mass is 19.1. The van der Waals surface area contributed by atoms with E-state index in [1.165, 1.54) is 18.2 Å². The number of benzene rings is 2. The molecule has 0 bridgehead atoms.